The second kappa shape index (κ2) is 5.76. The van der Waals surface area contributed by atoms with Gasteiger partial charge in [0.2, 0.25) is 0 Å². The number of benzene rings is 1. The molecule has 0 heterocycles. The molecule has 1 aromatic carbocycles. The maximum absolute atomic E-state index is 5.70. The van der Waals surface area contributed by atoms with Crippen LogP contribution in [0.15, 0.2) is 18.2 Å². The van der Waals surface area contributed by atoms with Gasteiger partial charge in [0, 0.05) is 11.1 Å². The van der Waals surface area contributed by atoms with Gasteiger partial charge in [0.25, 0.3) is 0 Å². The van der Waals surface area contributed by atoms with Gasteiger partial charge in [-0.2, -0.15) is 0 Å². The summed E-state index contributed by atoms with van der Waals surface area (Å²) in [7, 11) is 0. The zero-order valence-corrected chi connectivity index (χ0v) is 10.7. The first kappa shape index (κ1) is 12.0. The molecule has 1 aliphatic carbocycles. The summed E-state index contributed by atoms with van der Waals surface area (Å²) in [6.07, 6.45) is 7.78. The molecule has 1 aromatic rings. The Hall–Kier alpha value is -1.44. The Kier molecular flexibility index (Phi) is 4.08. The van der Waals surface area contributed by atoms with Gasteiger partial charge in [-0.05, 0) is 45.2 Å². The Balaban J connectivity index is 2.45. The number of hydrogen-bond donors (Lipinski definition) is 0. The van der Waals surface area contributed by atoms with Crippen molar-refractivity contribution in [2.75, 3.05) is 13.2 Å². The molecule has 0 aromatic heterocycles. The molecule has 2 nitrogen and oxygen atoms in total. The average Bonchev–Trinajstić information content (AvgIpc) is 2.58. The van der Waals surface area contributed by atoms with E-state index in [-0.39, 0.29) is 0 Å². The molecular weight excluding hydrogens is 212 g/mol. The zero-order valence-electron chi connectivity index (χ0n) is 10.7. The second-order valence-corrected chi connectivity index (χ2v) is 4.11. The first-order valence-electron chi connectivity index (χ1n) is 6.44. The fraction of sp³-hybridized carbons (Fsp3) is 0.467. The lowest BCUT2D eigenvalue weighted by molar-refractivity contribution is 0.327. The van der Waals surface area contributed by atoms with E-state index in [0.29, 0.717) is 13.2 Å². The van der Waals surface area contributed by atoms with Crippen LogP contribution in [0.25, 0.3) is 6.08 Å². The highest BCUT2D eigenvalue weighted by Crippen LogP contribution is 2.34. The maximum atomic E-state index is 5.70. The van der Waals surface area contributed by atoms with Crippen molar-refractivity contribution >= 4 is 6.08 Å². The molecule has 0 fully saturated rings. The average molecular weight is 232 g/mol. The maximum Gasteiger partial charge on any atom is 0.127 e. The monoisotopic (exact) mass is 232 g/mol. The van der Waals surface area contributed by atoms with Crippen LogP contribution in [0.1, 0.15) is 37.8 Å². The van der Waals surface area contributed by atoms with Crippen LogP contribution in [-0.4, -0.2) is 13.2 Å². The van der Waals surface area contributed by atoms with Crippen molar-refractivity contribution < 1.29 is 9.47 Å². The molecule has 2 heteroatoms. The van der Waals surface area contributed by atoms with Crippen LogP contribution in [0.4, 0.5) is 0 Å². The molecule has 92 valence electrons. The van der Waals surface area contributed by atoms with Gasteiger partial charge in [0.15, 0.2) is 0 Å². The molecule has 0 aliphatic heterocycles. The SMILES string of the molecule is CCOc1ccc(OCC)c2c1C=CCCC2. The summed E-state index contributed by atoms with van der Waals surface area (Å²) in [5.41, 5.74) is 2.50. The Morgan fingerprint density at radius 3 is 2.53 bits per heavy atom. The smallest absolute Gasteiger partial charge is 0.127 e. The van der Waals surface area contributed by atoms with Gasteiger partial charge in [-0.25, -0.2) is 0 Å². The normalized spacial score (nSPS) is 14.0. The van der Waals surface area contributed by atoms with Crippen molar-refractivity contribution in [2.24, 2.45) is 0 Å². The second-order valence-electron chi connectivity index (χ2n) is 4.11. The summed E-state index contributed by atoms with van der Waals surface area (Å²) in [5.74, 6) is 1.99. The van der Waals surface area contributed by atoms with E-state index in [9.17, 15) is 0 Å². The fourth-order valence-electron chi connectivity index (χ4n) is 2.23. The molecule has 0 atom stereocenters. The van der Waals surface area contributed by atoms with Gasteiger partial charge >= 0.3 is 0 Å². The molecule has 0 spiro atoms. The van der Waals surface area contributed by atoms with E-state index in [2.05, 4.69) is 12.2 Å². The lowest BCUT2D eigenvalue weighted by Crippen LogP contribution is -2.02. The van der Waals surface area contributed by atoms with Gasteiger partial charge in [0.05, 0.1) is 13.2 Å². The van der Waals surface area contributed by atoms with E-state index in [4.69, 9.17) is 9.47 Å². The number of allylic oxidation sites excluding steroid dienone is 1. The van der Waals surface area contributed by atoms with Crippen molar-refractivity contribution in [3.63, 3.8) is 0 Å². The van der Waals surface area contributed by atoms with Crippen LogP contribution >= 0.6 is 0 Å². The van der Waals surface area contributed by atoms with Crippen LogP contribution < -0.4 is 9.47 Å². The molecule has 0 radical (unpaired) electrons. The quantitative estimate of drug-likeness (QED) is 0.785. The lowest BCUT2D eigenvalue weighted by Gasteiger charge is -2.15. The van der Waals surface area contributed by atoms with Gasteiger partial charge < -0.3 is 9.47 Å². The Morgan fingerprint density at radius 2 is 1.76 bits per heavy atom. The third-order valence-electron chi connectivity index (χ3n) is 2.96. The van der Waals surface area contributed by atoms with E-state index in [0.717, 1.165) is 24.3 Å². The summed E-state index contributed by atoms with van der Waals surface area (Å²) in [4.78, 5) is 0. The van der Waals surface area contributed by atoms with E-state index in [1.54, 1.807) is 0 Å². The summed E-state index contributed by atoms with van der Waals surface area (Å²) >= 11 is 0. The highest BCUT2D eigenvalue weighted by molar-refractivity contribution is 5.65. The molecule has 0 unspecified atom stereocenters. The van der Waals surface area contributed by atoms with Crippen molar-refractivity contribution in [3.8, 4) is 11.5 Å². The predicted octanol–water partition coefficient (Wildman–Crippen LogP) is 3.83. The molecule has 1 aliphatic rings. The van der Waals surface area contributed by atoms with Crippen molar-refractivity contribution in [1.29, 1.82) is 0 Å². The molecular formula is C15H20O2. The van der Waals surface area contributed by atoms with Crippen LogP contribution in [0.2, 0.25) is 0 Å². The minimum absolute atomic E-state index is 0.703. The van der Waals surface area contributed by atoms with Gasteiger partial charge in [-0.1, -0.05) is 12.2 Å². The summed E-state index contributed by atoms with van der Waals surface area (Å²) in [6.45, 7) is 5.46. The number of ether oxygens (including phenoxy) is 2. The van der Waals surface area contributed by atoms with Crippen LogP contribution in [-0.2, 0) is 6.42 Å². The first-order chi connectivity index (χ1) is 8.36. The Bertz CT molecular complexity index is 408. The largest absolute Gasteiger partial charge is 0.494 e. The lowest BCUT2D eigenvalue weighted by atomic mass is 10.0. The molecule has 0 saturated carbocycles. The Labute approximate surface area is 103 Å². The molecule has 2 rings (SSSR count). The minimum Gasteiger partial charge on any atom is -0.494 e. The third kappa shape index (κ3) is 2.63. The zero-order chi connectivity index (χ0) is 12.1. The van der Waals surface area contributed by atoms with E-state index in [1.807, 2.05) is 26.0 Å². The summed E-state index contributed by atoms with van der Waals surface area (Å²) in [5, 5.41) is 0. The van der Waals surface area contributed by atoms with E-state index >= 15 is 0 Å². The van der Waals surface area contributed by atoms with E-state index < -0.39 is 0 Å². The summed E-state index contributed by atoms with van der Waals surface area (Å²) in [6, 6.07) is 4.05. The van der Waals surface area contributed by atoms with Crippen molar-refractivity contribution in [2.45, 2.75) is 33.1 Å². The molecule has 0 amide bonds. The van der Waals surface area contributed by atoms with Crippen LogP contribution in [0, 0.1) is 0 Å². The molecule has 0 N–H and O–H groups in total. The minimum atomic E-state index is 0.703. The Morgan fingerprint density at radius 1 is 1.06 bits per heavy atom. The third-order valence-corrected chi connectivity index (χ3v) is 2.96. The molecule has 0 saturated heterocycles. The number of hydrogen-bond acceptors (Lipinski definition) is 2. The van der Waals surface area contributed by atoms with Crippen molar-refractivity contribution in [3.05, 3.63) is 29.3 Å². The highest BCUT2D eigenvalue weighted by Gasteiger charge is 2.14. The first-order valence-corrected chi connectivity index (χ1v) is 6.44. The van der Waals surface area contributed by atoms with Crippen LogP contribution in [0.5, 0.6) is 11.5 Å². The van der Waals surface area contributed by atoms with Gasteiger partial charge in [0.1, 0.15) is 11.5 Å². The predicted molar refractivity (Wildman–Crippen MR) is 70.8 cm³/mol. The van der Waals surface area contributed by atoms with Crippen molar-refractivity contribution in [1.82, 2.24) is 0 Å². The summed E-state index contributed by atoms with van der Waals surface area (Å²) < 4.78 is 11.4. The fourth-order valence-corrected chi connectivity index (χ4v) is 2.23. The van der Waals surface area contributed by atoms with Gasteiger partial charge in [-0.15, -0.1) is 0 Å². The highest BCUT2D eigenvalue weighted by atomic mass is 16.5. The van der Waals surface area contributed by atoms with E-state index in [1.165, 1.54) is 17.5 Å². The standard InChI is InChI=1S/C15H20O2/c1-3-16-14-10-11-15(17-4-2)13-9-7-5-6-8-12(13)14/h6,8,10-11H,3-5,7,9H2,1-2H3. The molecule has 0 bridgehead atoms. The number of fused-ring (bicyclic) bond motifs is 1. The van der Waals surface area contributed by atoms with Gasteiger partial charge in [-0.3, -0.25) is 0 Å². The number of rotatable bonds is 4. The molecule has 17 heavy (non-hydrogen) atoms. The van der Waals surface area contributed by atoms with Crippen LogP contribution in [0.3, 0.4) is 0 Å². The topological polar surface area (TPSA) is 18.5 Å².